The molecule has 2 aromatic rings. The molecular weight excluding hydrogens is 249 g/mol. The van der Waals surface area contributed by atoms with Crippen molar-refractivity contribution >= 4 is 5.69 Å². The Bertz CT molecular complexity index is 701. The Morgan fingerprint density at radius 2 is 1.74 bits per heavy atom. The van der Waals surface area contributed by atoms with Crippen LogP contribution >= 0.6 is 0 Å². The summed E-state index contributed by atoms with van der Waals surface area (Å²) >= 11 is 0. The van der Waals surface area contributed by atoms with Crippen LogP contribution in [0.15, 0.2) is 39.9 Å². The summed E-state index contributed by atoms with van der Waals surface area (Å²) in [6.45, 7) is 0.313. The average molecular weight is 263 g/mol. The van der Waals surface area contributed by atoms with Crippen LogP contribution in [0.3, 0.4) is 0 Å². The molecule has 0 saturated heterocycles. The molecule has 6 heteroatoms. The lowest BCUT2D eigenvalue weighted by atomic mass is 10.3. The molecule has 0 aliphatic heterocycles. The molecule has 0 atom stereocenters. The SMILES string of the molecule is Cn1c(CNc2ccc(F)cc2)cc(=O)n(C)c1=O. The van der Waals surface area contributed by atoms with E-state index in [-0.39, 0.29) is 17.1 Å². The molecule has 0 aliphatic carbocycles. The third kappa shape index (κ3) is 2.73. The molecule has 100 valence electrons. The van der Waals surface area contributed by atoms with Gasteiger partial charge in [-0.3, -0.25) is 13.9 Å². The van der Waals surface area contributed by atoms with E-state index in [4.69, 9.17) is 0 Å². The number of hydrogen-bond acceptors (Lipinski definition) is 3. The van der Waals surface area contributed by atoms with Gasteiger partial charge in [0, 0.05) is 31.5 Å². The van der Waals surface area contributed by atoms with Gasteiger partial charge < -0.3 is 5.32 Å². The molecule has 1 heterocycles. The van der Waals surface area contributed by atoms with E-state index in [9.17, 15) is 14.0 Å². The van der Waals surface area contributed by atoms with Crippen LogP contribution in [0.4, 0.5) is 10.1 Å². The van der Waals surface area contributed by atoms with E-state index in [2.05, 4.69) is 5.32 Å². The molecule has 19 heavy (non-hydrogen) atoms. The molecule has 1 aromatic carbocycles. The summed E-state index contributed by atoms with van der Waals surface area (Å²) in [6.07, 6.45) is 0. The Hall–Kier alpha value is -2.37. The van der Waals surface area contributed by atoms with Crippen molar-refractivity contribution in [3.05, 3.63) is 62.7 Å². The third-order valence-corrected chi connectivity index (χ3v) is 2.94. The first-order chi connectivity index (χ1) is 8.99. The zero-order valence-electron chi connectivity index (χ0n) is 10.7. The van der Waals surface area contributed by atoms with Crippen LogP contribution in [0.5, 0.6) is 0 Å². The Morgan fingerprint density at radius 3 is 2.37 bits per heavy atom. The van der Waals surface area contributed by atoms with Gasteiger partial charge in [0.2, 0.25) is 0 Å². The van der Waals surface area contributed by atoms with E-state index >= 15 is 0 Å². The Balaban J connectivity index is 2.23. The molecule has 0 unspecified atom stereocenters. The van der Waals surface area contributed by atoms with E-state index in [1.807, 2.05) is 0 Å². The maximum atomic E-state index is 12.7. The van der Waals surface area contributed by atoms with Crippen molar-refractivity contribution in [3.8, 4) is 0 Å². The van der Waals surface area contributed by atoms with Crippen molar-refractivity contribution < 1.29 is 4.39 Å². The summed E-state index contributed by atoms with van der Waals surface area (Å²) < 4.78 is 15.2. The van der Waals surface area contributed by atoms with E-state index < -0.39 is 0 Å². The fourth-order valence-electron chi connectivity index (χ4n) is 1.71. The van der Waals surface area contributed by atoms with Crippen LogP contribution in [-0.2, 0) is 20.6 Å². The quantitative estimate of drug-likeness (QED) is 0.892. The monoisotopic (exact) mass is 263 g/mol. The smallest absolute Gasteiger partial charge is 0.330 e. The number of nitrogens with one attached hydrogen (secondary N) is 1. The maximum absolute atomic E-state index is 12.7. The topological polar surface area (TPSA) is 56.0 Å². The normalized spacial score (nSPS) is 10.5. The van der Waals surface area contributed by atoms with Crippen molar-refractivity contribution in [3.63, 3.8) is 0 Å². The van der Waals surface area contributed by atoms with Gasteiger partial charge in [-0.2, -0.15) is 0 Å². The molecule has 1 aromatic heterocycles. The fraction of sp³-hybridized carbons (Fsp3) is 0.231. The van der Waals surface area contributed by atoms with E-state index in [1.165, 1.54) is 29.8 Å². The van der Waals surface area contributed by atoms with Gasteiger partial charge >= 0.3 is 5.69 Å². The molecule has 0 fully saturated rings. The van der Waals surface area contributed by atoms with Crippen molar-refractivity contribution in [2.24, 2.45) is 14.1 Å². The summed E-state index contributed by atoms with van der Waals surface area (Å²) in [7, 11) is 3.03. The highest BCUT2D eigenvalue weighted by molar-refractivity contribution is 5.43. The highest BCUT2D eigenvalue weighted by Gasteiger charge is 2.05. The molecule has 2 rings (SSSR count). The Kier molecular flexibility index (Phi) is 3.50. The minimum atomic E-state index is -0.372. The summed E-state index contributed by atoms with van der Waals surface area (Å²) in [4.78, 5) is 23.3. The molecule has 5 nitrogen and oxygen atoms in total. The van der Waals surface area contributed by atoms with Gasteiger partial charge in [0.15, 0.2) is 0 Å². The lowest BCUT2D eigenvalue weighted by molar-refractivity contribution is 0.628. The van der Waals surface area contributed by atoms with Crippen LogP contribution in [-0.4, -0.2) is 9.13 Å². The summed E-state index contributed by atoms with van der Waals surface area (Å²) in [6, 6.07) is 7.26. The van der Waals surface area contributed by atoms with Gasteiger partial charge in [-0.25, -0.2) is 9.18 Å². The molecule has 0 radical (unpaired) electrons. The maximum Gasteiger partial charge on any atom is 0.330 e. The number of anilines is 1. The van der Waals surface area contributed by atoms with E-state index in [1.54, 1.807) is 19.2 Å². The van der Waals surface area contributed by atoms with E-state index in [0.717, 1.165) is 10.3 Å². The number of rotatable bonds is 3. The first kappa shape index (κ1) is 13.1. The zero-order chi connectivity index (χ0) is 14.0. The average Bonchev–Trinajstić information content (AvgIpc) is 2.41. The van der Waals surface area contributed by atoms with Gasteiger partial charge in [0.25, 0.3) is 5.56 Å². The Labute approximate surface area is 108 Å². The second-order valence-electron chi connectivity index (χ2n) is 4.23. The molecular formula is C13H14FN3O2. The molecule has 0 amide bonds. The number of halogens is 1. The standard InChI is InChI=1S/C13H14FN3O2/c1-16-11(7-12(18)17(2)13(16)19)8-15-10-5-3-9(14)4-6-10/h3-7,15H,8H2,1-2H3. The zero-order valence-corrected chi connectivity index (χ0v) is 10.7. The summed E-state index contributed by atoms with van der Waals surface area (Å²) in [5.41, 5.74) is 0.564. The van der Waals surface area contributed by atoms with Crippen molar-refractivity contribution in [2.45, 2.75) is 6.54 Å². The van der Waals surface area contributed by atoms with Gasteiger partial charge in [-0.15, -0.1) is 0 Å². The first-order valence-electron chi connectivity index (χ1n) is 5.74. The summed E-state index contributed by atoms with van der Waals surface area (Å²) in [5, 5.41) is 3.03. The Morgan fingerprint density at radius 1 is 1.11 bits per heavy atom. The lowest BCUT2D eigenvalue weighted by Crippen LogP contribution is -2.38. The molecule has 1 N–H and O–H groups in total. The van der Waals surface area contributed by atoms with Crippen LogP contribution in [0, 0.1) is 5.82 Å². The van der Waals surface area contributed by atoms with Gasteiger partial charge in [-0.05, 0) is 24.3 Å². The second-order valence-corrected chi connectivity index (χ2v) is 4.23. The third-order valence-electron chi connectivity index (χ3n) is 2.94. The fourth-order valence-corrected chi connectivity index (χ4v) is 1.71. The molecule has 0 bridgehead atoms. The van der Waals surface area contributed by atoms with Crippen molar-refractivity contribution in [1.29, 1.82) is 0 Å². The van der Waals surface area contributed by atoms with Crippen LogP contribution in [0.2, 0.25) is 0 Å². The predicted octanol–water partition coefficient (Wildman–Crippen LogP) is 0.835. The highest BCUT2D eigenvalue weighted by Crippen LogP contribution is 2.09. The number of aromatic nitrogens is 2. The van der Waals surface area contributed by atoms with Crippen LogP contribution < -0.4 is 16.6 Å². The molecule has 0 spiro atoms. The molecule has 0 aliphatic rings. The molecule has 0 saturated carbocycles. The second kappa shape index (κ2) is 5.09. The largest absolute Gasteiger partial charge is 0.379 e. The number of benzene rings is 1. The van der Waals surface area contributed by atoms with Gasteiger partial charge in [0.05, 0.1) is 6.54 Å². The summed E-state index contributed by atoms with van der Waals surface area (Å²) in [5.74, 6) is -0.313. The van der Waals surface area contributed by atoms with Crippen LogP contribution in [0.1, 0.15) is 5.69 Å². The predicted molar refractivity (Wildman–Crippen MR) is 70.7 cm³/mol. The highest BCUT2D eigenvalue weighted by atomic mass is 19.1. The van der Waals surface area contributed by atoms with Crippen molar-refractivity contribution in [2.75, 3.05) is 5.32 Å². The number of hydrogen-bond donors (Lipinski definition) is 1. The van der Waals surface area contributed by atoms with Gasteiger partial charge in [-0.1, -0.05) is 0 Å². The van der Waals surface area contributed by atoms with Gasteiger partial charge in [0.1, 0.15) is 5.82 Å². The first-order valence-corrected chi connectivity index (χ1v) is 5.74. The number of nitrogens with zero attached hydrogens (tertiary/aromatic N) is 2. The minimum absolute atomic E-state index is 0.313. The minimum Gasteiger partial charge on any atom is -0.379 e. The van der Waals surface area contributed by atoms with Crippen LogP contribution in [0.25, 0.3) is 0 Å². The van der Waals surface area contributed by atoms with Crippen molar-refractivity contribution in [1.82, 2.24) is 9.13 Å². The van der Waals surface area contributed by atoms with E-state index in [0.29, 0.717) is 12.2 Å². The lowest BCUT2D eigenvalue weighted by Gasteiger charge is -2.11.